The molecule has 1 fully saturated rings. The van der Waals surface area contributed by atoms with Crippen molar-refractivity contribution in [3.05, 3.63) is 195 Å². The minimum Gasteiger partial charge on any atom is -0.287 e. The van der Waals surface area contributed by atoms with Gasteiger partial charge < -0.3 is 0 Å². The Bertz CT molecular complexity index is 3010. The van der Waals surface area contributed by atoms with Crippen LogP contribution in [0, 0.1) is 0 Å². The third-order valence-electron chi connectivity index (χ3n) is 13.8. The van der Waals surface area contributed by atoms with Crippen molar-refractivity contribution in [3.63, 3.8) is 0 Å². The van der Waals surface area contributed by atoms with E-state index in [1.165, 1.54) is 43.1 Å². The van der Waals surface area contributed by atoms with Gasteiger partial charge in [-0.3, -0.25) is 4.79 Å². The van der Waals surface area contributed by atoms with Gasteiger partial charge in [0, 0.05) is 17.0 Å². The van der Waals surface area contributed by atoms with E-state index in [2.05, 4.69) is 30.3 Å². The molecule has 82 heavy (non-hydrogen) atoms. The standard InChI is InChI=1S/C32H12BF24.C23H24NO/c34-25(35,36)13-1-14(26(37,38)39)6-21(5-13)33(22-7-15(27(40,41)42)2-16(8-22)28(43,44)45,23-9-17(29(46,47)48)3-18(10-23)30(49,50)51)24-11-19(31(52,53)54)4-20(12-24)32(55,56)57;25-23(17-24-15-14-19-8-4-5-9-22(19)16-24)21-12-10-20(11-13-21)18-6-2-1-3-7-18/h1-12H;4-5,8-16,18H,1-3,6-7,17H2/q-1;+1. The average molecular weight is 1190 g/mol. The van der Waals surface area contributed by atoms with Crippen molar-refractivity contribution in [1.82, 2.24) is 0 Å². The van der Waals surface area contributed by atoms with Crippen LogP contribution in [0.3, 0.4) is 0 Å². The van der Waals surface area contributed by atoms with Crippen molar-refractivity contribution >= 4 is 44.6 Å². The van der Waals surface area contributed by atoms with Crippen LogP contribution in [0.2, 0.25) is 0 Å². The van der Waals surface area contributed by atoms with E-state index < -0.39 is 195 Å². The number of hydrogen-bond donors (Lipinski definition) is 0. The number of aromatic nitrogens is 1. The van der Waals surface area contributed by atoms with Crippen molar-refractivity contribution in [1.29, 1.82) is 0 Å². The first-order chi connectivity index (χ1) is 37.6. The summed E-state index contributed by atoms with van der Waals surface area (Å²) in [4.78, 5) is 12.6. The van der Waals surface area contributed by atoms with E-state index in [0.717, 1.165) is 10.9 Å². The lowest BCUT2D eigenvalue weighted by Gasteiger charge is -2.46. The lowest BCUT2D eigenvalue weighted by atomic mass is 9.12. The molecule has 438 valence electrons. The number of rotatable bonds is 8. The number of carbonyl (C=O) groups excluding carboxylic acids is 1. The van der Waals surface area contributed by atoms with Crippen molar-refractivity contribution in [2.45, 2.75) is 94.0 Å². The normalized spacial score (nSPS) is 14.6. The third kappa shape index (κ3) is 14.2. The average Bonchev–Trinajstić information content (AvgIpc) is 1.16. The smallest absolute Gasteiger partial charge is 0.287 e. The lowest BCUT2D eigenvalue weighted by Crippen LogP contribution is -2.75. The number of benzene rings is 6. The fourth-order valence-electron chi connectivity index (χ4n) is 9.98. The molecule has 0 N–H and O–H groups in total. The van der Waals surface area contributed by atoms with Crippen LogP contribution in [0.15, 0.2) is 140 Å². The summed E-state index contributed by atoms with van der Waals surface area (Å²) in [6.45, 7) is 0.383. The Balaban J connectivity index is 0.000000318. The molecule has 7 aromatic rings. The zero-order chi connectivity index (χ0) is 61.0. The predicted octanol–water partition coefficient (Wildman–Crippen LogP) is 16.3. The van der Waals surface area contributed by atoms with Gasteiger partial charge in [-0.25, -0.2) is 0 Å². The number of pyridine rings is 1. The van der Waals surface area contributed by atoms with Gasteiger partial charge in [-0.1, -0.05) is 110 Å². The molecular weight excluding hydrogens is 1160 g/mol. The summed E-state index contributed by atoms with van der Waals surface area (Å²) in [5.74, 6) is 0.850. The van der Waals surface area contributed by atoms with Crippen LogP contribution in [-0.2, 0) is 56.0 Å². The van der Waals surface area contributed by atoms with Gasteiger partial charge in [-0.15, -0.1) is 0 Å². The maximum absolute atomic E-state index is 14.2. The highest BCUT2D eigenvalue weighted by Crippen LogP contribution is 2.42. The summed E-state index contributed by atoms with van der Waals surface area (Å²) in [7, 11) is 0. The highest BCUT2D eigenvalue weighted by Gasteiger charge is 2.47. The van der Waals surface area contributed by atoms with E-state index in [1.807, 2.05) is 41.2 Å². The zero-order valence-corrected chi connectivity index (χ0v) is 41.1. The van der Waals surface area contributed by atoms with Gasteiger partial charge in [0.1, 0.15) is 6.15 Å². The molecular formula is C55H36BF24NO. The summed E-state index contributed by atoms with van der Waals surface area (Å²) in [6.07, 6.45) is -44.1. The minimum absolute atomic E-state index is 0.162. The molecule has 0 spiro atoms. The number of hydrogen-bond acceptors (Lipinski definition) is 1. The molecule has 1 heterocycles. The van der Waals surface area contributed by atoms with Gasteiger partial charge in [0.05, 0.1) is 44.5 Å². The third-order valence-corrected chi connectivity index (χ3v) is 13.8. The quantitative estimate of drug-likeness (QED) is 0.0643. The molecule has 0 bridgehead atoms. The molecule has 0 unspecified atom stereocenters. The monoisotopic (exact) mass is 1190 g/mol. The second kappa shape index (κ2) is 22.2. The van der Waals surface area contributed by atoms with Crippen molar-refractivity contribution in [3.8, 4) is 0 Å². The number of alkyl halides is 24. The summed E-state index contributed by atoms with van der Waals surface area (Å²) < 4.78 is 343. The molecule has 0 radical (unpaired) electrons. The van der Waals surface area contributed by atoms with E-state index in [9.17, 15) is 110 Å². The maximum atomic E-state index is 14.2. The molecule has 8 rings (SSSR count). The van der Waals surface area contributed by atoms with Crippen molar-refractivity contribution in [2.75, 3.05) is 0 Å². The molecule has 0 atom stereocenters. The highest BCUT2D eigenvalue weighted by atomic mass is 19.4. The Morgan fingerprint density at radius 1 is 0.378 bits per heavy atom. The van der Waals surface area contributed by atoms with E-state index in [1.54, 1.807) is 0 Å². The van der Waals surface area contributed by atoms with Crippen molar-refractivity contribution in [2.24, 2.45) is 0 Å². The van der Waals surface area contributed by atoms with Crippen LogP contribution in [0.1, 0.15) is 98.5 Å². The molecule has 1 aromatic heterocycles. The van der Waals surface area contributed by atoms with E-state index in [4.69, 9.17) is 0 Å². The molecule has 0 amide bonds. The lowest BCUT2D eigenvalue weighted by molar-refractivity contribution is -0.681. The van der Waals surface area contributed by atoms with Crippen LogP contribution >= 0.6 is 0 Å². The minimum atomic E-state index is -6.13. The number of nitrogens with zero attached hydrogens (tertiary/aromatic N) is 1. The van der Waals surface area contributed by atoms with Gasteiger partial charge >= 0.3 is 49.4 Å². The largest absolute Gasteiger partial charge is 0.416 e. The molecule has 0 saturated heterocycles. The number of Topliss-reactive ketones (excluding diaryl/α,β-unsaturated/α-hetero) is 1. The van der Waals surface area contributed by atoms with E-state index in [0.29, 0.717) is 12.5 Å². The van der Waals surface area contributed by atoms with Crippen LogP contribution in [-0.4, -0.2) is 11.9 Å². The van der Waals surface area contributed by atoms with Gasteiger partial charge in [0.2, 0.25) is 12.3 Å². The Morgan fingerprint density at radius 3 is 0.963 bits per heavy atom. The molecule has 6 aromatic carbocycles. The molecule has 2 nitrogen and oxygen atoms in total. The Morgan fingerprint density at radius 2 is 0.671 bits per heavy atom. The van der Waals surface area contributed by atoms with Gasteiger partial charge in [0.15, 0.2) is 12.4 Å². The number of ketones is 1. The first kappa shape index (κ1) is 62.4. The van der Waals surface area contributed by atoms with E-state index in [-0.39, 0.29) is 5.78 Å². The molecule has 27 heteroatoms. The first-order valence-corrected chi connectivity index (χ1v) is 23.9. The Kier molecular flexibility index (Phi) is 16.9. The summed E-state index contributed by atoms with van der Waals surface area (Å²) in [5.41, 5.74) is -28.0. The van der Waals surface area contributed by atoms with Crippen LogP contribution in [0.4, 0.5) is 105 Å². The van der Waals surface area contributed by atoms with Gasteiger partial charge in [0.25, 0.3) is 0 Å². The second-order valence-electron chi connectivity index (χ2n) is 19.3. The summed E-state index contributed by atoms with van der Waals surface area (Å²) in [6, 6.07) is 9.82. The number of carbonyl (C=O) groups is 1. The Hall–Kier alpha value is -7.22. The maximum Gasteiger partial charge on any atom is 0.416 e. The zero-order valence-electron chi connectivity index (χ0n) is 41.1. The van der Waals surface area contributed by atoms with E-state index >= 15 is 0 Å². The van der Waals surface area contributed by atoms with Gasteiger partial charge in [-0.05, 0) is 60.0 Å². The van der Waals surface area contributed by atoms with Crippen LogP contribution in [0.25, 0.3) is 10.8 Å². The topological polar surface area (TPSA) is 20.9 Å². The van der Waals surface area contributed by atoms with Gasteiger partial charge in [-0.2, -0.15) is 132 Å². The van der Waals surface area contributed by atoms with Crippen LogP contribution in [0.5, 0.6) is 0 Å². The number of halogens is 24. The molecule has 1 aliphatic rings. The fourth-order valence-corrected chi connectivity index (χ4v) is 9.98. The molecule has 1 saturated carbocycles. The summed E-state index contributed by atoms with van der Waals surface area (Å²) >= 11 is 0. The molecule has 1 aliphatic carbocycles. The molecule has 0 aliphatic heterocycles. The Labute approximate surface area is 447 Å². The SMILES string of the molecule is FC(F)(F)c1cc([B-](c2cc(C(F)(F)F)cc(C(F)(F)F)c2)(c2cc(C(F)(F)F)cc(C(F)(F)F)c2)c2cc(C(F)(F)F)cc(C(F)(F)F)c2)cc(C(F)(F)F)c1.O=C(C[n+]1ccc2ccccc2c1)c1ccc(C2CCCCC2)cc1. The first-order valence-electron chi connectivity index (χ1n) is 23.9. The second-order valence-corrected chi connectivity index (χ2v) is 19.3. The number of fused-ring (bicyclic) bond motifs is 1. The fraction of sp³-hybridized carbons (Fsp3) is 0.273. The van der Waals surface area contributed by atoms with Crippen LogP contribution < -0.4 is 26.4 Å². The van der Waals surface area contributed by atoms with Crippen molar-refractivity contribution < 1.29 is 115 Å². The predicted molar refractivity (Wildman–Crippen MR) is 251 cm³/mol. The summed E-state index contributed by atoms with van der Waals surface area (Å²) in [5, 5.41) is 2.36. The highest BCUT2D eigenvalue weighted by molar-refractivity contribution is 7.20.